The second kappa shape index (κ2) is 4.81. The van der Waals surface area contributed by atoms with Crippen LogP contribution in [0.15, 0.2) is 23.7 Å². The number of hydrogen-bond donors (Lipinski definition) is 0. The summed E-state index contributed by atoms with van der Waals surface area (Å²) < 4.78 is 15.7. The summed E-state index contributed by atoms with van der Waals surface area (Å²) in [7, 11) is 0. The second-order valence-corrected chi connectivity index (χ2v) is 4.38. The first-order valence-electron chi connectivity index (χ1n) is 5.44. The van der Waals surface area contributed by atoms with Gasteiger partial charge in [-0.3, -0.25) is 0 Å². The topological polar surface area (TPSA) is 34.3 Å². The van der Waals surface area contributed by atoms with E-state index in [9.17, 15) is 0 Å². The van der Waals surface area contributed by atoms with Crippen molar-refractivity contribution >= 4 is 0 Å². The molecule has 2 rings (SSSR count). The summed E-state index contributed by atoms with van der Waals surface area (Å²) in [6.07, 6.45) is 6.46. The van der Waals surface area contributed by atoms with Gasteiger partial charge in [-0.1, -0.05) is 0 Å². The lowest BCUT2D eigenvalue weighted by Crippen LogP contribution is -1.89. The van der Waals surface area contributed by atoms with Crippen molar-refractivity contribution in [3.05, 3.63) is 23.7 Å². The molecule has 2 unspecified atom stereocenters. The van der Waals surface area contributed by atoms with Crippen molar-refractivity contribution in [2.24, 2.45) is 0 Å². The van der Waals surface area contributed by atoms with Crippen LogP contribution in [0.25, 0.3) is 0 Å². The van der Waals surface area contributed by atoms with Crippen LogP contribution < -0.4 is 0 Å². The van der Waals surface area contributed by atoms with Crippen LogP contribution in [0, 0.1) is 0 Å². The number of hydrogen-bond acceptors (Lipinski definition) is 3. The molecule has 2 aliphatic rings. The Bertz CT molecular complexity index is 245. The molecule has 2 atom stereocenters. The molecule has 0 aromatic carbocycles. The summed E-state index contributed by atoms with van der Waals surface area (Å²) in [5.74, 6) is 0. The Morgan fingerprint density at radius 1 is 1.07 bits per heavy atom. The SMILES string of the molecule is CC(=COC=C(C)CC1CO1)CC1CO1. The molecule has 2 saturated heterocycles. The van der Waals surface area contributed by atoms with Crippen molar-refractivity contribution < 1.29 is 14.2 Å². The highest BCUT2D eigenvalue weighted by atomic mass is 16.6. The molecule has 2 aliphatic heterocycles. The van der Waals surface area contributed by atoms with Crippen LogP contribution in [0.1, 0.15) is 26.7 Å². The Morgan fingerprint density at radius 3 is 1.80 bits per heavy atom. The highest BCUT2D eigenvalue weighted by molar-refractivity contribution is 5.02. The molecule has 2 heterocycles. The Hall–Kier alpha value is -0.800. The summed E-state index contributed by atoms with van der Waals surface area (Å²) in [5, 5.41) is 0. The van der Waals surface area contributed by atoms with Gasteiger partial charge in [-0.25, -0.2) is 0 Å². The number of ether oxygens (including phenoxy) is 3. The van der Waals surface area contributed by atoms with Crippen LogP contribution in [0.2, 0.25) is 0 Å². The minimum Gasteiger partial charge on any atom is -0.473 e. The molecule has 0 saturated carbocycles. The molecule has 84 valence electrons. The van der Waals surface area contributed by atoms with E-state index in [0.717, 1.165) is 26.1 Å². The van der Waals surface area contributed by atoms with E-state index in [0.29, 0.717) is 12.2 Å². The summed E-state index contributed by atoms with van der Waals surface area (Å²) in [5.41, 5.74) is 2.45. The molecule has 0 aliphatic carbocycles. The molecule has 0 aromatic rings. The van der Waals surface area contributed by atoms with E-state index in [2.05, 4.69) is 13.8 Å². The Balaban J connectivity index is 1.65. The third kappa shape index (κ3) is 4.49. The molecule has 0 amide bonds. The molecule has 3 heteroatoms. The van der Waals surface area contributed by atoms with Crippen molar-refractivity contribution in [2.45, 2.75) is 38.9 Å². The van der Waals surface area contributed by atoms with Crippen LogP contribution in [-0.2, 0) is 14.2 Å². The minimum atomic E-state index is 0.440. The van der Waals surface area contributed by atoms with Crippen molar-refractivity contribution in [3.63, 3.8) is 0 Å². The summed E-state index contributed by atoms with van der Waals surface area (Å²) >= 11 is 0. The Kier molecular flexibility index (Phi) is 3.44. The summed E-state index contributed by atoms with van der Waals surface area (Å²) in [6.45, 7) is 5.93. The minimum absolute atomic E-state index is 0.440. The molecule has 3 nitrogen and oxygen atoms in total. The van der Waals surface area contributed by atoms with E-state index >= 15 is 0 Å². The molecule has 0 aromatic heterocycles. The van der Waals surface area contributed by atoms with Gasteiger partial charge in [-0.05, 0) is 37.8 Å². The molecular weight excluding hydrogens is 192 g/mol. The molecule has 0 bridgehead atoms. The van der Waals surface area contributed by atoms with E-state index in [4.69, 9.17) is 14.2 Å². The van der Waals surface area contributed by atoms with Gasteiger partial charge in [0.2, 0.25) is 0 Å². The summed E-state index contributed by atoms with van der Waals surface area (Å²) in [6, 6.07) is 0. The predicted molar refractivity (Wildman–Crippen MR) is 57.3 cm³/mol. The first kappa shape index (κ1) is 10.7. The maximum atomic E-state index is 5.38. The molecule has 0 radical (unpaired) electrons. The normalized spacial score (nSPS) is 30.3. The maximum Gasteiger partial charge on any atom is 0.0891 e. The van der Waals surface area contributed by atoms with Crippen molar-refractivity contribution in [1.29, 1.82) is 0 Å². The standard InChI is InChI=1S/C12H18O3/c1-9(3-11-7-14-11)5-13-6-10(2)4-12-8-15-12/h5-6,11-12H,3-4,7-8H2,1-2H3. The highest BCUT2D eigenvalue weighted by Crippen LogP contribution is 2.20. The quantitative estimate of drug-likeness (QED) is 0.498. The first-order valence-corrected chi connectivity index (χ1v) is 5.44. The zero-order valence-corrected chi connectivity index (χ0v) is 9.36. The average Bonchev–Trinajstić information content (AvgIpc) is 2.99. The Labute approximate surface area is 90.7 Å². The van der Waals surface area contributed by atoms with Gasteiger partial charge in [0.05, 0.1) is 37.9 Å². The molecular formula is C12H18O3. The fraction of sp³-hybridized carbons (Fsp3) is 0.667. The molecule has 0 spiro atoms. The smallest absolute Gasteiger partial charge is 0.0891 e. The maximum absolute atomic E-state index is 5.38. The van der Waals surface area contributed by atoms with Gasteiger partial charge < -0.3 is 14.2 Å². The first-order chi connectivity index (χ1) is 7.24. The van der Waals surface area contributed by atoms with E-state index < -0.39 is 0 Å². The zero-order valence-electron chi connectivity index (χ0n) is 9.36. The van der Waals surface area contributed by atoms with E-state index in [-0.39, 0.29) is 0 Å². The van der Waals surface area contributed by atoms with Gasteiger partial charge in [0.1, 0.15) is 0 Å². The van der Waals surface area contributed by atoms with Gasteiger partial charge in [0, 0.05) is 0 Å². The molecule has 2 fully saturated rings. The van der Waals surface area contributed by atoms with E-state index in [1.165, 1.54) is 11.1 Å². The zero-order chi connectivity index (χ0) is 10.7. The van der Waals surface area contributed by atoms with Crippen molar-refractivity contribution in [2.75, 3.05) is 13.2 Å². The fourth-order valence-corrected chi connectivity index (χ4v) is 1.45. The van der Waals surface area contributed by atoms with Crippen LogP contribution in [0.4, 0.5) is 0 Å². The van der Waals surface area contributed by atoms with Gasteiger partial charge in [0.25, 0.3) is 0 Å². The number of rotatable bonds is 6. The lowest BCUT2D eigenvalue weighted by molar-refractivity contribution is 0.373. The summed E-state index contributed by atoms with van der Waals surface area (Å²) in [4.78, 5) is 0. The lowest BCUT2D eigenvalue weighted by Gasteiger charge is -1.99. The largest absolute Gasteiger partial charge is 0.473 e. The van der Waals surface area contributed by atoms with Gasteiger partial charge >= 0.3 is 0 Å². The van der Waals surface area contributed by atoms with Crippen LogP contribution >= 0.6 is 0 Å². The predicted octanol–water partition coefficient (Wildman–Crippen LogP) is 2.39. The monoisotopic (exact) mass is 210 g/mol. The molecule has 0 N–H and O–H groups in total. The molecule has 15 heavy (non-hydrogen) atoms. The third-order valence-corrected chi connectivity index (χ3v) is 2.44. The average molecular weight is 210 g/mol. The van der Waals surface area contributed by atoms with Crippen molar-refractivity contribution in [3.8, 4) is 0 Å². The second-order valence-electron chi connectivity index (χ2n) is 4.38. The van der Waals surface area contributed by atoms with Gasteiger partial charge in [-0.15, -0.1) is 0 Å². The Morgan fingerprint density at radius 2 is 1.47 bits per heavy atom. The van der Waals surface area contributed by atoms with Crippen LogP contribution in [0.3, 0.4) is 0 Å². The van der Waals surface area contributed by atoms with Gasteiger partial charge in [-0.2, -0.15) is 0 Å². The van der Waals surface area contributed by atoms with Gasteiger partial charge in [0.15, 0.2) is 0 Å². The highest BCUT2D eigenvalue weighted by Gasteiger charge is 2.23. The van der Waals surface area contributed by atoms with E-state index in [1.807, 2.05) is 0 Å². The van der Waals surface area contributed by atoms with Crippen molar-refractivity contribution in [1.82, 2.24) is 0 Å². The third-order valence-electron chi connectivity index (χ3n) is 2.44. The van der Waals surface area contributed by atoms with Crippen LogP contribution in [-0.4, -0.2) is 25.4 Å². The fourth-order valence-electron chi connectivity index (χ4n) is 1.45. The number of epoxide rings is 2. The van der Waals surface area contributed by atoms with E-state index in [1.54, 1.807) is 12.5 Å². The van der Waals surface area contributed by atoms with Crippen LogP contribution in [0.5, 0.6) is 0 Å². The lowest BCUT2D eigenvalue weighted by atomic mass is 10.2.